The molecule has 6 heteroatoms. The van der Waals surface area contributed by atoms with Crippen LogP contribution >= 0.6 is 12.4 Å². The van der Waals surface area contributed by atoms with Gasteiger partial charge < -0.3 is 16.0 Å². The van der Waals surface area contributed by atoms with Crippen LogP contribution in [0.2, 0.25) is 0 Å². The minimum Gasteiger partial charge on any atom is -0.326 e. The first-order valence-corrected chi connectivity index (χ1v) is 7.51. The van der Waals surface area contributed by atoms with Gasteiger partial charge in [0.1, 0.15) is 0 Å². The van der Waals surface area contributed by atoms with Crippen molar-refractivity contribution in [3.63, 3.8) is 0 Å². The lowest BCUT2D eigenvalue weighted by molar-refractivity contribution is -0.119. The number of piperidine rings is 1. The van der Waals surface area contributed by atoms with E-state index in [0.717, 1.165) is 25.8 Å². The van der Waals surface area contributed by atoms with Crippen molar-refractivity contribution in [1.82, 2.24) is 5.32 Å². The average molecular weight is 326 g/mol. The largest absolute Gasteiger partial charge is 0.326 e. The zero-order chi connectivity index (χ0) is 15.2. The Balaban J connectivity index is 0.00000242. The molecule has 0 aromatic heterocycles. The number of nitrogens with one attached hydrogen (secondary N) is 3. The number of rotatable bonds is 4. The second-order valence-corrected chi connectivity index (χ2v) is 5.72. The summed E-state index contributed by atoms with van der Waals surface area (Å²) in [5.74, 6) is -0.121. The minimum atomic E-state index is -0.118. The van der Waals surface area contributed by atoms with Gasteiger partial charge in [0.2, 0.25) is 11.8 Å². The van der Waals surface area contributed by atoms with E-state index in [1.807, 2.05) is 32.0 Å². The number of halogens is 1. The fourth-order valence-corrected chi connectivity index (χ4v) is 2.27. The maximum atomic E-state index is 12.1. The van der Waals surface area contributed by atoms with Gasteiger partial charge in [-0.1, -0.05) is 26.3 Å². The summed E-state index contributed by atoms with van der Waals surface area (Å²) in [5, 5.41) is 8.95. The molecule has 1 aliphatic heterocycles. The first-order chi connectivity index (χ1) is 10.1. The van der Waals surface area contributed by atoms with Gasteiger partial charge in [-0.2, -0.15) is 0 Å². The Morgan fingerprint density at radius 3 is 2.45 bits per heavy atom. The molecule has 0 aliphatic carbocycles. The van der Waals surface area contributed by atoms with Crippen LogP contribution in [0.25, 0.3) is 0 Å². The summed E-state index contributed by atoms with van der Waals surface area (Å²) < 4.78 is 0. The van der Waals surface area contributed by atoms with Gasteiger partial charge in [0.15, 0.2) is 0 Å². The summed E-state index contributed by atoms with van der Waals surface area (Å²) in [6.45, 7) is 4.58. The Morgan fingerprint density at radius 1 is 1.18 bits per heavy atom. The van der Waals surface area contributed by atoms with Crippen LogP contribution in [0.4, 0.5) is 11.4 Å². The van der Waals surface area contributed by atoms with Crippen LogP contribution in [-0.2, 0) is 9.59 Å². The fourth-order valence-electron chi connectivity index (χ4n) is 2.27. The molecule has 1 fully saturated rings. The molecule has 1 unspecified atom stereocenters. The van der Waals surface area contributed by atoms with Gasteiger partial charge in [0, 0.05) is 17.3 Å². The van der Waals surface area contributed by atoms with Crippen LogP contribution in [-0.4, -0.2) is 24.4 Å². The van der Waals surface area contributed by atoms with Crippen LogP contribution in [0.3, 0.4) is 0 Å². The Kier molecular flexibility index (Phi) is 7.35. The lowest BCUT2D eigenvalue weighted by Gasteiger charge is -2.22. The molecule has 1 heterocycles. The van der Waals surface area contributed by atoms with E-state index in [-0.39, 0.29) is 36.2 Å². The molecule has 2 amide bonds. The van der Waals surface area contributed by atoms with E-state index in [1.165, 1.54) is 0 Å². The Labute approximate surface area is 137 Å². The third kappa shape index (κ3) is 5.31. The zero-order valence-electron chi connectivity index (χ0n) is 13.0. The van der Waals surface area contributed by atoms with E-state index in [1.54, 1.807) is 6.07 Å². The summed E-state index contributed by atoms with van der Waals surface area (Å²) in [6.07, 6.45) is 3.08. The Bertz CT molecular complexity index is 514. The third-order valence-corrected chi connectivity index (χ3v) is 3.55. The molecular formula is C16H24ClN3O2. The SMILES string of the molecule is CC(C)C(=O)Nc1cccc(NC(=O)C2CCCCN2)c1.Cl. The highest BCUT2D eigenvalue weighted by Crippen LogP contribution is 2.17. The number of carbonyl (C=O) groups excluding carboxylic acids is 2. The number of benzene rings is 1. The maximum absolute atomic E-state index is 12.1. The highest BCUT2D eigenvalue weighted by atomic mass is 35.5. The van der Waals surface area contributed by atoms with E-state index < -0.39 is 0 Å². The molecule has 5 nitrogen and oxygen atoms in total. The summed E-state index contributed by atoms with van der Waals surface area (Å²) in [4.78, 5) is 23.8. The second kappa shape index (κ2) is 8.76. The normalized spacial score (nSPS) is 17.5. The van der Waals surface area contributed by atoms with Crippen LogP contribution < -0.4 is 16.0 Å². The van der Waals surface area contributed by atoms with Gasteiger partial charge in [-0.05, 0) is 37.6 Å². The average Bonchev–Trinajstić information content (AvgIpc) is 2.48. The Hall–Kier alpha value is -1.59. The number of anilines is 2. The molecule has 2 rings (SSSR count). The molecule has 0 saturated carbocycles. The highest BCUT2D eigenvalue weighted by molar-refractivity contribution is 5.96. The quantitative estimate of drug-likeness (QED) is 0.797. The van der Waals surface area contributed by atoms with Crippen LogP contribution in [0.15, 0.2) is 24.3 Å². The molecule has 1 aromatic rings. The van der Waals surface area contributed by atoms with Crippen molar-refractivity contribution in [1.29, 1.82) is 0 Å². The molecule has 1 aliphatic rings. The molecule has 0 radical (unpaired) electrons. The number of hydrogen-bond acceptors (Lipinski definition) is 3. The molecule has 0 bridgehead atoms. The van der Waals surface area contributed by atoms with Crippen molar-refractivity contribution in [3.05, 3.63) is 24.3 Å². The first kappa shape index (κ1) is 18.5. The number of carbonyl (C=O) groups is 2. The van der Waals surface area contributed by atoms with Gasteiger partial charge in [0.25, 0.3) is 0 Å². The minimum absolute atomic E-state index is 0. The van der Waals surface area contributed by atoms with E-state index >= 15 is 0 Å². The van der Waals surface area contributed by atoms with Crippen molar-refractivity contribution >= 4 is 35.6 Å². The van der Waals surface area contributed by atoms with Crippen LogP contribution in [0, 0.1) is 5.92 Å². The van der Waals surface area contributed by atoms with Crippen molar-refractivity contribution in [3.8, 4) is 0 Å². The van der Waals surface area contributed by atoms with E-state index in [9.17, 15) is 9.59 Å². The van der Waals surface area contributed by atoms with Crippen molar-refractivity contribution in [2.45, 2.75) is 39.2 Å². The first-order valence-electron chi connectivity index (χ1n) is 7.51. The molecular weight excluding hydrogens is 302 g/mol. The van der Waals surface area contributed by atoms with Crippen LogP contribution in [0.1, 0.15) is 33.1 Å². The lowest BCUT2D eigenvalue weighted by atomic mass is 10.0. The van der Waals surface area contributed by atoms with Crippen LogP contribution in [0.5, 0.6) is 0 Å². The van der Waals surface area contributed by atoms with E-state index in [0.29, 0.717) is 11.4 Å². The highest BCUT2D eigenvalue weighted by Gasteiger charge is 2.20. The standard InChI is InChI=1S/C16H23N3O2.ClH/c1-11(2)15(20)18-12-6-5-7-13(10-12)19-16(21)14-8-3-4-9-17-14;/h5-7,10-11,14,17H,3-4,8-9H2,1-2H3,(H,18,20)(H,19,21);1H. The third-order valence-electron chi connectivity index (χ3n) is 3.55. The van der Waals surface area contributed by atoms with Gasteiger partial charge in [-0.25, -0.2) is 0 Å². The second-order valence-electron chi connectivity index (χ2n) is 5.72. The van der Waals surface area contributed by atoms with Gasteiger partial charge in [-0.15, -0.1) is 12.4 Å². The monoisotopic (exact) mass is 325 g/mol. The van der Waals surface area contributed by atoms with Crippen molar-refractivity contribution in [2.24, 2.45) is 5.92 Å². The molecule has 1 saturated heterocycles. The smallest absolute Gasteiger partial charge is 0.241 e. The van der Waals surface area contributed by atoms with E-state index in [4.69, 9.17) is 0 Å². The summed E-state index contributed by atoms with van der Waals surface area (Å²) >= 11 is 0. The van der Waals surface area contributed by atoms with Crippen molar-refractivity contribution < 1.29 is 9.59 Å². The molecule has 22 heavy (non-hydrogen) atoms. The zero-order valence-corrected chi connectivity index (χ0v) is 13.8. The maximum Gasteiger partial charge on any atom is 0.241 e. The topological polar surface area (TPSA) is 70.2 Å². The van der Waals surface area contributed by atoms with Gasteiger partial charge in [0.05, 0.1) is 6.04 Å². The fraction of sp³-hybridized carbons (Fsp3) is 0.500. The van der Waals surface area contributed by atoms with Crippen molar-refractivity contribution in [2.75, 3.05) is 17.2 Å². The molecule has 122 valence electrons. The predicted molar refractivity (Wildman–Crippen MR) is 91.4 cm³/mol. The number of hydrogen-bond donors (Lipinski definition) is 3. The molecule has 3 N–H and O–H groups in total. The van der Waals surface area contributed by atoms with Gasteiger partial charge >= 0.3 is 0 Å². The summed E-state index contributed by atoms with van der Waals surface area (Å²) in [7, 11) is 0. The summed E-state index contributed by atoms with van der Waals surface area (Å²) in [5.41, 5.74) is 1.40. The molecule has 1 aromatic carbocycles. The number of amides is 2. The predicted octanol–water partition coefficient (Wildman–Crippen LogP) is 2.78. The molecule has 0 spiro atoms. The van der Waals surface area contributed by atoms with E-state index in [2.05, 4.69) is 16.0 Å². The Morgan fingerprint density at radius 2 is 1.86 bits per heavy atom. The van der Waals surface area contributed by atoms with Gasteiger partial charge in [-0.3, -0.25) is 9.59 Å². The lowest BCUT2D eigenvalue weighted by Crippen LogP contribution is -2.43. The molecule has 1 atom stereocenters. The summed E-state index contributed by atoms with van der Waals surface area (Å²) in [6, 6.07) is 7.12.